The molecule has 2 aromatic rings. The highest BCUT2D eigenvalue weighted by Crippen LogP contribution is 2.46. The SMILES string of the molecule is COc1ccc(CCNC(=O)NCC(O)(c2cccs2)C2CC2)cc1. The maximum absolute atomic E-state index is 12.0. The zero-order valence-corrected chi connectivity index (χ0v) is 15.1. The van der Waals surface area contributed by atoms with Crippen molar-refractivity contribution in [1.29, 1.82) is 0 Å². The minimum absolute atomic E-state index is 0.241. The minimum Gasteiger partial charge on any atom is -0.497 e. The van der Waals surface area contributed by atoms with Gasteiger partial charge in [0, 0.05) is 11.4 Å². The first-order valence-electron chi connectivity index (χ1n) is 8.53. The lowest BCUT2D eigenvalue weighted by atomic mass is 9.96. The molecule has 6 heteroatoms. The Labute approximate surface area is 152 Å². The predicted octanol–water partition coefficient (Wildman–Crippen LogP) is 2.90. The van der Waals surface area contributed by atoms with Gasteiger partial charge in [-0.25, -0.2) is 4.79 Å². The van der Waals surface area contributed by atoms with Gasteiger partial charge in [0.15, 0.2) is 0 Å². The van der Waals surface area contributed by atoms with Gasteiger partial charge in [0.25, 0.3) is 0 Å². The van der Waals surface area contributed by atoms with E-state index in [1.165, 1.54) is 11.3 Å². The number of ether oxygens (including phenoxy) is 1. The van der Waals surface area contributed by atoms with Crippen molar-refractivity contribution in [2.75, 3.05) is 20.2 Å². The van der Waals surface area contributed by atoms with E-state index in [0.717, 1.165) is 35.5 Å². The molecule has 1 saturated carbocycles. The first kappa shape index (κ1) is 17.8. The maximum Gasteiger partial charge on any atom is 0.314 e. The van der Waals surface area contributed by atoms with Crippen molar-refractivity contribution in [1.82, 2.24) is 10.6 Å². The first-order valence-corrected chi connectivity index (χ1v) is 9.41. The van der Waals surface area contributed by atoms with Gasteiger partial charge >= 0.3 is 6.03 Å². The minimum atomic E-state index is -0.943. The summed E-state index contributed by atoms with van der Waals surface area (Å²) in [5.74, 6) is 1.06. The topological polar surface area (TPSA) is 70.6 Å². The Morgan fingerprint density at radius 2 is 2.04 bits per heavy atom. The van der Waals surface area contributed by atoms with Gasteiger partial charge in [-0.3, -0.25) is 0 Å². The molecule has 1 aromatic heterocycles. The number of thiophene rings is 1. The molecule has 0 radical (unpaired) electrons. The number of methoxy groups -OCH3 is 1. The van der Waals surface area contributed by atoms with Crippen molar-refractivity contribution < 1.29 is 14.6 Å². The summed E-state index contributed by atoms with van der Waals surface area (Å²) in [4.78, 5) is 13.0. The highest BCUT2D eigenvalue weighted by atomic mass is 32.1. The van der Waals surface area contributed by atoms with Gasteiger partial charge in [-0.15, -0.1) is 11.3 Å². The Bertz CT molecular complexity index is 683. The molecule has 0 bridgehead atoms. The van der Waals surface area contributed by atoms with E-state index >= 15 is 0 Å². The fraction of sp³-hybridized carbons (Fsp3) is 0.421. The molecule has 0 saturated heterocycles. The van der Waals surface area contributed by atoms with E-state index < -0.39 is 5.60 Å². The third-order valence-corrected chi connectivity index (χ3v) is 5.61. The highest BCUT2D eigenvalue weighted by molar-refractivity contribution is 7.10. The van der Waals surface area contributed by atoms with Gasteiger partial charge in [0.05, 0.1) is 13.7 Å². The van der Waals surface area contributed by atoms with Gasteiger partial charge in [-0.1, -0.05) is 18.2 Å². The van der Waals surface area contributed by atoms with E-state index in [-0.39, 0.29) is 18.5 Å². The van der Waals surface area contributed by atoms with E-state index in [2.05, 4.69) is 10.6 Å². The number of rotatable bonds is 8. The summed E-state index contributed by atoms with van der Waals surface area (Å²) in [6.07, 6.45) is 2.76. The highest BCUT2D eigenvalue weighted by Gasteiger charge is 2.45. The maximum atomic E-state index is 12.0. The number of hydrogen-bond donors (Lipinski definition) is 3. The van der Waals surface area contributed by atoms with E-state index in [4.69, 9.17) is 4.74 Å². The van der Waals surface area contributed by atoms with Gasteiger partial charge in [-0.05, 0) is 54.3 Å². The van der Waals surface area contributed by atoms with Crippen LogP contribution in [0.2, 0.25) is 0 Å². The van der Waals surface area contributed by atoms with Crippen LogP contribution in [-0.2, 0) is 12.0 Å². The van der Waals surface area contributed by atoms with Gasteiger partial charge < -0.3 is 20.5 Å². The molecule has 25 heavy (non-hydrogen) atoms. The number of nitrogens with one attached hydrogen (secondary N) is 2. The molecule has 5 nitrogen and oxygen atoms in total. The number of hydrogen-bond acceptors (Lipinski definition) is 4. The molecule has 3 rings (SSSR count). The van der Waals surface area contributed by atoms with Gasteiger partial charge in [-0.2, -0.15) is 0 Å². The summed E-state index contributed by atoms with van der Waals surface area (Å²) in [5, 5.41) is 18.6. The Morgan fingerprint density at radius 3 is 2.64 bits per heavy atom. The summed E-state index contributed by atoms with van der Waals surface area (Å²) in [6.45, 7) is 0.783. The smallest absolute Gasteiger partial charge is 0.314 e. The molecule has 1 unspecified atom stereocenters. The summed E-state index contributed by atoms with van der Waals surface area (Å²) in [5.41, 5.74) is 0.191. The molecule has 1 aromatic carbocycles. The molecular formula is C19H24N2O3S. The number of carbonyl (C=O) groups is 1. The average molecular weight is 360 g/mol. The van der Waals surface area contributed by atoms with Crippen LogP contribution in [0, 0.1) is 5.92 Å². The van der Waals surface area contributed by atoms with Crippen molar-refractivity contribution in [3.05, 3.63) is 52.2 Å². The van der Waals surface area contributed by atoms with Crippen LogP contribution in [0.5, 0.6) is 5.75 Å². The number of carbonyl (C=O) groups excluding carboxylic acids is 1. The van der Waals surface area contributed by atoms with Crippen molar-refractivity contribution >= 4 is 17.4 Å². The second-order valence-electron chi connectivity index (χ2n) is 6.38. The van der Waals surface area contributed by atoms with Crippen LogP contribution in [0.4, 0.5) is 4.79 Å². The van der Waals surface area contributed by atoms with E-state index in [1.54, 1.807) is 7.11 Å². The molecule has 0 spiro atoms. The largest absolute Gasteiger partial charge is 0.497 e. The molecule has 0 aliphatic heterocycles. The van der Waals surface area contributed by atoms with Crippen molar-refractivity contribution in [2.45, 2.75) is 24.9 Å². The zero-order chi connectivity index (χ0) is 17.7. The summed E-state index contributed by atoms with van der Waals surface area (Å²) in [6, 6.07) is 11.4. The molecule has 2 amide bonds. The van der Waals surface area contributed by atoms with Crippen LogP contribution in [0.1, 0.15) is 23.3 Å². The molecule has 1 heterocycles. The van der Waals surface area contributed by atoms with Crippen molar-refractivity contribution in [2.24, 2.45) is 5.92 Å². The Kier molecular flexibility index (Phi) is 5.60. The van der Waals surface area contributed by atoms with Gasteiger partial charge in [0.2, 0.25) is 0 Å². The van der Waals surface area contributed by atoms with Crippen molar-refractivity contribution in [3.63, 3.8) is 0 Å². The Balaban J connectivity index is 1.44. The first-order chi connectivity index (χ1) is 12.1. The summed E-state index contributed by atoms with van der Waals surface area (Å²) >= 11 is 1.54. The van der Waals surface area contributed by atoms with Crippen LogP contribution < -0.4 is 15.4 Å². The number of aliphatic hydroxyl groups is 1. The normalized spacial score (nSPS) is 16.1. The fourth-order valence-corrected chi connectivity index (χ4v) is 3.81. The molecule has 3 N–H and O–H groups in total. The summed E-state index contributed by atoms with van der Waals surface area (Å²) in [7, 11) is 1.64. The van der Waals surface area contributed by atoms with E-state index in [1.807, 2.05) is 41.8 Å². The van der Waals surface area contributed by atoms with Crippen LogP contribution >= 0.6 is 11.3 Å². The van der Waals surface area contributed by atoms with E-state index in [0.29, 0.717) is 6.54 Å². The number of benzene rings is 1. The third-order valence-electron chi connectivity index (χ3n) is 4.58. The molecule has 1 atom stereocenters. The fourth-order valence-electron chi connectivity index (χ4n) is 2.91. The average Bonchev–Trinajstić information content (AvgIpc) is 3.35. The molecule has 1 fully saturated rings. The molecule has 134 valence electrons. The number of urea groups is 1. The molecule has 1 aliphatic carbocycles. The number of amides is 2. The lowest BCUT2D eigenvalue weighted by Crippen LogP contribution is -2.46. The lowest BCUT2D eigenvalue weighted by molar-refractivity contribution is 0.0196. The third kappa shape index (κ3) is 4.52. The lowest BCUT2D eigenvalue weighted by Gasteiger charge is -2.27. The zero-order valence-electron chi connectivity index (χ0n) is 14.3. The van der Waals surface area contributed by atoms with Crippen molar-refractivity contribution in [3.8, 4) is 5.75 Å². The second kappa shape index (κ2) is 7.89. The molecule has 1 aliphatic rings. The summed E-state index contributed by atoms with van der Waals surface area (Å²) < 4.78 is 5.13. The Hall–Kier alpha value is -2.05. The standard InChI is InChI=1S/C19H24N2O3S/c1-24-16-8-4-14(5-9-16)10-11-20-18(22)21-13-19(23,15-6-7-15)17-3-2-12-25-17/h2-5,8-9,12,15,23H,6-7,10-11,13H2,1H3,(H2,20,21,22). The molecular weight excluding hydrogens is 336 g/mol. The second-order valence-corrected chi connectivity index (χ2v) is 7.33. The van der Waals surface area contributed by atoms with Crippen LogP contribution in [0.3, 0.4) is 0 Å². The van der Waals surface area contributed by atoms with E-state index in [9.17, 15) is 9.90 Å². The quantitative estimate of drug-likeness (QED) is 0.678. The van der Waals surface area contributed by atoms with Crippen LogP contribution in [-0.4, -0.2) is 31.3 Å². The van der Waals surface area contributed by atoms with Crippen LogP contribution in [0.15, 0.2) is 41.8 Å². The van der Waals surface area contributed by atoms with Crippen LogP contribution in [0.25, 0.3) is 0 Å². The van der Waals surface area contributed by atoms with Gasteiger partial charge in [0.1, 0.15) is 11.4 Å². The monoisotopic (exact) mass is 360 g/mol. The predicted molar refractivity (Wildman–Crippen MR) is 99.0 cm³/mol. The Morgan fingerprint density at radius 1 is 1.28 bits per heavy atom.